The fraction of sp³-hybridized carbons (Fsp3) is 0.900. The molecule has 12 bridgehead atoms. The lowest BCUT2D eigenvalue weighted by Crippen LogP contribution is -2.68. The molecule has 42 heavy (non-hydrogen) atoms. The molecule has 4 unspecified atom stereocenters. The maximum absolute atomic E-state index is 4.17. The lowest BCUT2D eigenvalue weighted by atomic mass is 9.27. The van der Waals surface area contributed by atoms with Gasteiger partial charge in [0.15, 0.2) is 0 Å². The Kier molecular flexibility index (Phi) is 5.48. The molecule has 0 amide bonds. The van der Waals surface area contributed by atoms with Crippen LogP contribution in [0.3, 0.4) is 0 Å². The van der Waals surface area contributed by atoms with Gasteiger partial charge in [0.25, 0.3) is 0 Å². The van der Waals surface area contributed by atoms with Gasteiger partial charge in [-0.3, -0.25) is 0 Å². The Balaban J connectivity index is 1.11. The van der Waals surface area contributed by atoms with Gasteiger partial charge in [0.05, 0.1) is 0 Å². The minimum absolute atomic E-state index is 0.387. The smallest absolute Gasteiger partial charge is 0.129 e. The summed E-state index contributed by atoms with van der Waals surface area (Å²) in [6.07, 6.45) is 28.0. The molecule has 0 nitrogen and oxygen atoms in total. The summed E-state index contributed by atoms with van der Waals surface area (Å²) >= 11 is 0. The number of rotatable bonds is 2. The average Bonchev–Trinajstić information content (AvgIpc) is 2.83. The molecule has 0 spiro atoms. The first-order valence-electron chi connectivity index (χ1n) is 18.7. The maximum Gasteiger partial charge on any atom is 0.129 e. The Hall–Kier alpha value is -0.446. The average molecular weight is 597 g/mol. The van der Waals surface area contributed by atoms with Crippen molar-refractivity contribution in [1.82, 2.24) is 0 Å². The Labute approximate surface area is 261 Å². The van der Waals surface area contributed by atoms with Crippen LogP contribution in [0.4, 0.5) is 0 Å². The van der Waals surface area contributed by atoms with Gasteiger partial charge < -0.3 is 0 Å². The van der Waals surface area contributed by atoms with E-state index in [1.165, 1.54) is 38.5 Å². The van der Waals surface area contributed by atoms with E-state index in [9.17, 15) is 0 Å². The molecule has 228 valence electrons. The molecule has 12 rings (SSSR count). The first kappa shape index (κ1) is 27.8. The molecule has 12 fully saturated rings. The molecule has 0 aliphatic heterocycles. The first-order valence-corrected chi connectivity index (χ1v) is 25.7. The van der Waals surface area contributed by atoms with Crippen LogP contribution in [0, 0.1) is 90.9 Å². The lowest BCUT2D eigenvalue weighted by molar-refractivity contribution is -0.275. The van der Waals surface area contributed by atoms with Gasteiger partial charge >= 0.3 is 0 Å². The Bertz CT molecular complexity index is 1170. The van der Waals surface area contributed by atoms with E-state index in [4.69, 9.17) is 0 Å². The van der Waals surface area contributed by atoms with E-state index in [1.54, 1.807) is 77.0 Å². The summed E-state index contributed by atoms with van der Waals surface area (Å²) in [4.78, 5) is 0. The number of hydrogen-bond acceptors (Lipinski definition) is 0. The van der Waals surface area contributed by atoms with E-state index in [-0.39, 0.29) is 0 Å². The minimum Gasteiger partial charge on any atom is -0.131 e. The van der Waals surface area contributed by atoms with Crippen molar-refractivity contribution in [1.29, 1.82) is 0 Å². The van der Waals surface area contributed by atoms with E-state index in [1.807, 2.05) is 0 Å². The van der Waals surface area contributed by atoms with E-state index in [0.29, 0.717) is 32.5 Å². The van der Waals surface area contributed by atoms with Crippen molar-refractivity contribution in [2.45, 2.75) is 155 Å². The fourth-order valence-electron chi connectivity index (χ4n) is 16.2. The van der Waals surface area contributed by atoms with Crippen LogP contribution in [0.2, 0.25) is 39.3 Å². The van der Waals surface area contributed by atoms with Crippen LogP contribution in [0.5, 0.6) is 0 Å². The highest BCUT2D eigenvalue weighted by Gasteiger charge is 2.74. The Morgan fingerprint density at radius 2 is 0.643 bits per heavy atom. The molecular weight excluding hydrogens is 537 g/mol. The summed E-state index contributed by atoms with van der Waals surface area (Å²) in [7, 11) is -2.70. The molecule has 0 N–H and O–H groups in total. The third-order valence-electron chi connectivity index (χ3n) is 15.8. The normalized spacial score (nSPS) is 56.2. The van der Waals surface area contributed by atoms with Gasteiger partial charge in [-0.2, -0.15) is 0 Å². The molecular formula is C40H60Si2. The topological polar surface area (TPSA) is 0 Å². The second-order valence-electron chi connectivity index (χ2n) is 21.6. The predicted octanol–water partition coefficient (Wildman–Crippen LogP) is 10.5. The van der Waals surface area contributed by atoms with Crippen molar-refractivity contribution in [2.75, 3.05) is 0 Å². The zero-order valence-corrected chi connectivity index (χ0v) is 30.2. The van der Waals surface area contributed by atoms with Crippen LogP contribution in [0.15, 0.2) is 0 Å². The fourth-order valence-corrected chi connectivity index (χ4v) is 17.5. The van der Waals surface area contributed by atoms with Crippen molar-refractivity contribution >= 4 is 16.1 Å². The SMILES string of the molecule is C[Si](C)(C)C#CC12CC3CC(C1)CC(C14CC5CC(C1)CC(C16CC7CC(CC(C#C[Si](C)(C)C)(C7)C1)C6)(C5)C4)(C3)C2. The van der Waals surface area contributed by atoms with E-state index in [2.05, 4.69) is 62.2 Å². The number of hydrogen-bond donors (Lipinski definition) is 0. The molecule has 12 aliphatic carbocycles. The van der Waals surface area contributed by atoms with E-state index in [0.717, 1.165) is 35.5 Å². The summed E-state index contributed by atoms with van der Waals surface area (Å²) in [5, 5.41) is 0. The van der Waals surface area contributed by atoms with Crippen molar-refractivity contribution in [3.8, 4) is 22.9 Å². The van der Waals surface area contributed by atoms with E-state index >= 15 is 0 Å². The third kappa shape index (κ3) is 3.98. The predicted molar refractivity (Wildman–Crippen MR) is 181 cm³/mol. The molecule has 0 aromatic carbocycles. The van der Waals surface area contributed by atoms with Crippen LogP contribution in [-0.4, -0.2) is 16.1 Å². The molecule has 12 saturated carbocycles. The zero-order valence-electron chi connectivity index (χ0n) is 28.2. The molecule has 4 atom stereocenters. The van der Waals surface area contributed by atoms with Gasteiger partial charge in [0, 0.05) is 10.8 Å². The third-order valence-corrected chi connectivity index (χ3v) is 17.6. The van der Waals surface area contributed by atoms with Gasteiger partial charge in [-0.05, 0) is 173 Å². The minimum atomic E-state index is -1.35. The first-order chi connectivity index (χ1) is 19.6. The van der Waals surface area contributed by atoms with Crippen LogP contribution >= 0.6 is 0 Å². The van der Waals surface area contributed by atoms with Crippen molar-refractivity contribution in [2.24, 2.45) is 68.0 Å². The van der Waals surface area contributed by atoms with Crippen LogP contribution in [0.1, 0.15) is 116 Å². The quantitative estimate of drug-likeness (QED) is 0.220. The monoisotopic (exact) mass is 596 g/mol. The Morgan fingerprint density at radius 3 is 0.929 bits per heavy atom. The van der Waals surface area contributed by atoms with Crippen molar-refractivity contribution in [3.05, 3.63) is 0 Å². The molecule has 0 heterocycles. The van der Waals surface area contributed by atoms with Gasteiger partial charge in [-0.1, -0.05) is 39.3 Å². The molecule has 0 aromatic heterocycles. The highest BCUT2D eigenvalue weighted by Crippen LogP contribution is 2.83. The molecule has 0 saturated heterocycles. The summed E-state index contributed by atoms with van der Waals surface area (Å²) in [6, 6.07) is 0. The van der Waals surface area contributed by atoms with Crippen LogP contribution in [0.25, 0.3) is 0 Å². The molecule has 0 radical (unpaired) electrons. The molecule has 0 aromatic rings. The summed E-state index contributed by atoms with van der Waals surface area (Å²) < 4.78 is 0. The van der Waals surface area contributed by atoms with Gasteiger partial charge in [0.2, 0.25) is 0 Å². The van der Waals surface area contributed by atoms with Crippen LogP contribution < -0.4 is 0 Å². The van der Waals surface area contributed by atoms with Gasteiger partial charge in [-0.25, -0.2) is 0 Å². The Morgan fingerprint density at radius 1 is 0.381 bits per heavy atom. The van der Waals surface area contributed by atoms with E-state index < -0.39 is 16.1 Å². The highest BCUT2D eigenvalue weighted by molar-refractivity contribution is 6.84. The van der Waals surface area contributed by atoms with Gasteiger partial charge in [-0.15, -0.1) is 22.9 Å². The standard InChI is InChI=1S/C40H60Si2/c1-41(2,3)9-7-35-14-29-11-30(15-35)19-37(18-29,26-35)39-22-33-13-34(23-39)25-40(24-33,28-39)38-20-31-12-32(21-38)17-36(16-31,27-38)8-10-42(4,5)6/h29-34H,11-28H2,1-6H3. The zero-order chi connectivity index (χ0) is 29.0. The van der Waals surface area contributed by atoms with Crippen molar-refractivity contribution < 1.29 is 0 Å². The molecule has 2 heteroatoms. The van der Waals surface area contributed by atoms with Crippen molar-refractivity contribution in [3.63, 3.8) is 0 Å². The maximum atomic E-state index is 4.17. The van der Waals surface area contributed by atoms with Gasteiger partial charge in [0.1, 0.15) is 16.1 Å². The van der Waals surface area contributed by atoms with Crippen LogP contribution in [-0.2, 0) is 0 Å². The second kappa shape index (κ2) is 8.28. The second-order valence-corrected chi connectivity index (χ2v) is 31.1. The largest absolute Gasteiger partial charge is 0.131 e. The highest BCUT2D eigenvalue weighted by atomic mass is 28.3. The lowest BCUT2D eigenvalue weighted by Gasteiger charge is -2.77. The summed E-state index contributed by atoms with van der Waals surface area (Å²) in [5.74, 6) is 14.4. The molecule has 12 aliphatic rings. The summed E-state index contributed by atoms with van der Waals surface area (Å²) in [5.41, 5.74) is 11.3. The summed E-state index contributed by atoms with van der Waals surface area (Å²) in [6.45, 7) is 14.9.